The SMILES string of the molecule is Cc1ccc(C2=CC(=O)N3c4ccccc4C(=O)[C@@]3(c3ccccc3)C2)cc1. The van der Waals surface area contributed by atoms with E-state index in [0.717, 1.165) is 22.3 Å². The van der Waals surface area contributed by atoms with Crippen LogP contribution >= 0.6 is 0 Å². The Kier molecular flexibility index (Phi) is 3.59. The second kappa shape index (κ2) is 6.03. The van der Waals surface area contributed by atoms with Crippen LogP contribution in [0.1, 0.15) is 33.5 Å². The van der Waals surface area contributed by atoms with Crippen LogP contribution in [-0.4, -0.2) is 11.7 Å². The highest BCUT2D eigenvalue weighted by molar-refractivity contribution is 6.25. The molecule has 0 spiro atoms. The fourth-order valence-corrected chi connectivity index (χ4v) is 4.43. The molecule has 3 aromatic rings. The summed E-state index contributed by atoms with van der Waals surface area (Å²) in [5, 5.41) is 0. The average molecular weight is 365 g/mol. The molecule has 1 atom stereocenters. The van der Waals surface area contributed by atoms with E-state index in [2.05, 4.69) is 0 Å². The van der Waals surface area contributed by atoms with Crippen molar-refractivity contribution in [2.24, 2.45) is 0 Å². The average Bonchev–Trinajstić information content (AvgIpc) is 2.99. The second-order valence-corrected chi connectivity index (χ2v) is 7.46. The molecule has 3 nitrogen and oxygen atoms in total. The molecule has 5 rings (SSSR count). The van der Waals surface area contributed by atoms with Gasteiger partial charge in [0.2, 0.25) is 0 Å². The van der Waals surface area contributed by atoms with Crippen LogP contribution in [0.3, 0.4) is 0 Å². The van der Waals surface area contributed by atoms with Crippen molar-refractivity contribution in [3.63, 3.8) is 0 Å². The summed E-state index contributed by atoms with van der Waals surface area (Å²) in [7, 11) is 0. The molecule has 3 heteroatoms. The van der Waals surface area contributed by atoms with E-state index in [4.69, 9.17) is 0 Å². The number of hydrogen-bond donors (Lipinski definition) is 0. The van der Waals surface area contributed by atoms with Crippen molar-refractivity contribution < 1.29 is 9.59 Å². The first kappa shape index (κ1) is 16.7. The Labute approximate surface area is 163 Å². The van der Waals surface area contributed by atoms with E-state index in [-0.39, 0.29) is 11.7 Å². The van der Waals surface area contributed by atoms with E-state index in [1.807, 2.05) is 85.8 Å². The lowest BCUT2D eigenvalue weighted by atomic mass is 9.76. The lowest BCUT2D eigenvalue weighted by Gasteiger charge is -2.41. The maximum Gasteiger partial charge on any atom is 0.252 e. The molecule has 0 radical (unpaired) electrons. The van der Waals surface area contributed by atoms with Crippen molar-refractivity contribution in [3.8, 4) is 0 Å². The Bertz CT molecular complexity index is 1130. The highest BCUT2D eigenvalue weighted by atomic mass is 16.2. The molecule has 0 fully saturated rings. The van der Waals surface area contributed by atoms with Crippen molar-refractivity contribution in [2.75, 3.05) is 4.90 Å². The van der Waals surface area contributed by atoms with Gasteiger partial charge in [-0.2, -0.15) is 0 Å². The van der Waals surface area contributed by atoms with Gasteiger partial charge in [-0.15, -0.1) is 0 Å². The Morgan fingerprint density at radius 3 is 2.25 bits per heavy atom. The highest BCUT2D eigenvalue weighted by Crippen LogP contribution is 2.51. The lowest BCUT2D eigenvalue weighted by Crippen LogP contribution is -2.52. The largest absolute Gasteiger partial charge is 0.291 e. The van der Waals surface area contributed by atoms with Crippen LogP contribution in [0.5, 0.6) is 0 Å². The van der Waals surface area contributed by atoms with Crippen molar-refractivity contribution in [1.29, 1.82) is 0 Å². The zero-order chi connectivity index (χ0) is 19.3. The van der Waals surface area contributed by atoms with E-state index in [0.29, 0.717) is 17.7 Å². The smallest absolute Gasteiger partial charge is 0.252 e. The highest BCUT2D eigenvalue weighted by Gasteiger charge is 2.56. The summed E-state index contributed by atoms with van der Waals surface area (Å²) in [6.07, 6.45) is 2.14. The van der Waals surface area contributed by atoms with Gasteiger partial charge in [0.15, 0.2) is 5.78 Å². The molecule has 1 amide bonds. The summed E-state index contributed by atoms with van der Waals surface area (Å²) in [5.74, 6) is -0.163. The summed E-state index contributed by atoms with van der Waals surface area (Å²) in [5.41, 5.74) is 4.16. The minimum absolute atomic E-state index is 0.0136. The Balaban J connectivity index is 1.74. The van der Waals surface area contributed by atoms with Crippen molar-refractivity contribution in [3.05, 3.63) is 107 Å². The topological polar surface area (TPSA) is 37.4 Å². The second-order valence-electron chi connectivity index (χ2n) is 7.46. The van der Waals surface area contributed by atoms with E-state index >= 15 is 0 Å². The van der Waals surface area contributed by atoms with Gasteiger partial charge in [0.1, 0.15) is 5.54 Å². The van der Waals surface area contributed by atoms with Crippen molar-refractivity contribution in [1.82, 2.24) is 0 Å². The van der Waals surface area contributed by atoms with Crippen LogP contribution in [0.15, 0.2) is 84.9 Å². The lowest BCUT2D eigenvalue weighted by molar-refractivity contribution is -0.115. The van der Waals surface area contributed by atoms with Crippen LogP contribution < -0.4 is 4.90 Å². The number of hydrogen-bond acceptors (Lipinski definition) is 2. The van der Waals surface area contributed by atoms with Crippen molar-refractivity contribution in [2.45, 2.75) is 18.9 Å². The number of Topliss-reactive ketones (excluding diaryl/α,β-unsaturated/α-hetero) is 1. The summed E-state index contributed by atoms with van der Waals surface area (Å²) in [6, 6.07) is 25.2. The minimum Gasteiger partial charge on any atom is -0.291 e. The van der Waals surface area contributed by atoms with Gasteiger partial charge in [0.25, 0.3) is 5.91 Å². The quantitative estimate of drug-likeness (QED) is 0.647. The molecule has 2 aliphatic heterocycles. The monoisotopic (exact) mass is 365 g/mol. The van der Waals surface area contributed by atoms with Gasteiger partial charge in [-0.05, 0) is 35.8 Å². The molecule has 2 heterocycles. The first-order valence-electron chi connectivity index (χ1n) is 9.42. The number of amides is 1. The number of benzene rings is 3. The molecule has 0 unspecified atom stereocenters. The van der Waals surface area contributed by atoms with E-state index < -0.39 is 5.54 Å². The maximum atomic E-state index is 13.7. The minimum atomic E-state index is -1.03. The van der Waals surface area contributed by atoms with Crippen molar-refractivity contribution >= 4 is 23.0 Å². The molecule has 2 aliphatic rings. The maximum absolute atomic E-state index is 13.7. The number of carbonyl (C=O) groups is 2. The van der Waals surface area contributed by atoms with Gasteiger partial charge in [0, 0.05) is 18.1 Å². The van der Waals surface area contributed by atoms with Crippen LogP contribution in [0.4, 0.5) is 5.69 Å². The Morgan fingerprint density at radius 1 is 0.821 bits per heavy atom. The summed E-state index contributed by atoms with van der Waals surface area (Å²) >= 11 is 0. The number of ketones is 1. The zero-order valence-electron chi connectivity index (χ0n) is 15.6. The van der Waals surface area contributed by atoms with E-state index in [9.17, 15) is 9.59 Å². The molecule has 28 heavy (non-hydrogen) atoms. The Morgan fingerprint density at radius 2 is 1.50 bits per heavy atom. The first-order chi connectivity index (χ1) is 13.6. The number of para-hydroxylation sites is 1. The number of anilines is 1. The van der Waals surface area contributed by atoms with Crippen LogP contribution in [0.2, 0.25) is 0 Å². The molecule has 0 aromatic heterocycles. The Hall–Kier alpha value is -3.46. The predicted molar refractivity (Wildman–Crippen MR) is 110 cm³/mol. The van der Waals surface area contributed by atoms with Gasteiger partial charge >= 0.3 is 0 Å². The molecule has 0 aliphatic carbocycles. The number of rotatable bonds is 2. The third kappa shape index (κ3) is 2.23. The summed E-state index contributed by atoms with van der Waals surface area (Å²) in [4.78, 5) is 28.7. The molecule has 0 saturated heterocycles. The van der Waals surface area contributed by atoms with Gasteiger partial charge < -0.3 is 0 Å². The first-order valence-corrected chi connectivity index (χ1v) is 9.42. The third-order valence-corrected chi connectivity index (χ3v) is 5.79. The van der Waals surface area contributed by atoms with Gasteiger partial charge in [-0.1, -0.05) is 72.3 Å². The fourth-order valence-electron chi connectivity index (χ4n) is 4.43. The van der Waals surface area contributed by atoms with E-state index in [1.165, 1.54) is 0 Å². The van der Waals surface area contributed by atoms with Gasteiger partial charge in [-0.25, -0.2) is 0 Å². The molecular formula is C25H19NO2. The van der Waals surface area contributed by atoms with Crippen LogP contribution in [-0.2, 0) is 10.3 Å². The molecule has 0 N–H and O–H groups in total. The number of fused-ring (bicyclic) bond motifs is 3. The molecule has 136 valence electrons. The number of aryl methyl sites for hydroxylation is 1. The van der Waals surface area contributed by atoms with Gasteiger partial charge in [0.05, 0.1) is 5.69 Å². The number of carbonyl (C=O) groups excluding carboxylic acids is 2. The summed E-state index contributed by atoms with van der Waals surface area (Å²) < 4.78 is 0. The normalized spacial score (nSPS) is 20.6. The molecular weight excluding hydrogens is 346 g/mol. The third-order valence-electron chi connectivity index (χ3n) is 5.79. The van der Waals surface area contributed by atoms with Crippen LogP contribution in [0.25, 0.3) is 5.57 Å². The summed E-state index contributed by atoms with van der Waals surface area (Å²) in [6.45, 7) is 2.04. The molecule has 3 aromatic carbocycles. The van der Waals surface area contributed by atoms with Crippen LogP contribution in [0, 0.1) is 6.92 Å². The standard InChI is InChI=1S/C25H19NO2/c1-17-11-13-18(14-12-17)19-15-23(27)26-22-10-6-5-9-21(22)24(28)25(26,16-19)20-7-3-2-4-8-20/h2-15H,16H2,1H3/t25-/m0/s1. The fraction of sp³-hybridized carbons (Fsp3) is 0.120. The van der Waals surface area contributed by atoms with Gasteiger partial charge in [-0.3, -0.25) is 14.5 Å². The van der Waals surface area contributed by atoms with E-state index in [1.54, 1.807) is 11.0 Å². The molecule has 0 saturated carbocycles. The molecule has 0 bridgehead atoms. The number of nitrogens with zero attached hydrogens (tertiary/aromatic N) is 1. The zero-order valence-corrected chi connectivity index (χ0v) is 15.6. The predicted octanol–water partition coefficient (Wildman–Crippen LogP) is 4.91.